The molecule has 0 atom stereocenters. The SMILES string of the molecule is O=C(Cc1ccc(OC(F)(F)F)cc1)Nn1cnnc1. The topological polar surface area (TPSA) is 69.0 Å². The maximum absolute atomic E-state index is 12.0. The van der Waals surface area contributed by atoms with Gasteiger partial charge in [0.2, 0.25) is 5.91 Å². The summed E-state index contributed by atoms with van der Waals surface area (Å²) in [7, 11) is 0. The predicted molar refractivity (Wildman–Crippen MR) is 61.2 cm³/mol. The molecule has 106 valence electrons. The fraction of sp³-hybridized carbons (Fsp3) is 0.182. The van der Waals surface area contributed by atoms with Gasteiger partial charge in [-0.15, -0.1) is 23.4 Å². The summed E-state index contributed by atoms with van der Waals surface area (Å²) in [6, 6.07) is 5.06. The number of hydrogen-bond acceptors (Lipinski definition) is 4. The Balaban J connectivity index is 1.92. The fourth-order valence-electron chi connectivity index (χ4n) is 1.44. The van der Waals surface area contributed by atoms with Gasteiger partial charge in [0, 0.05) is 0 Å². The van der Waals surface area contributed by atoms with Crippen molar-refractivity contribution >= 4 is 5.91 Å². The quantitative estimate of drug-likeness (QED) is 0.924. The van der Waals surface area contributed by atoms with E-state index in [0.29, 0.717) is 5.56 Å². The van der Waals surface area contributed by atoms with Gasteiger partial charge in [-0.3, -0.25) is 10.2 Å². The minimum atomic E-state index is -4.73. The maximum atomic E-state index is 12.0. The molecule has 0 radical (unpaired) electrons. The van der Waals surface area contributed by atoms with Gasteiger partial charge < -0.3 is 4.74 Å². The van der Waals surface area contributed by atoms with Crippen LogP contribution in [0.15, 0.2) is 36.9 Å². The van der Waals surface area contributed by atoms with Gasteiger partial charge in [-0.25, -0.2) is 4.68 Å². The van der Waals surface area contributed by atoms with E-state index in [4.69, 9.17) is 0 Å². The van der Waals surface area contributed by atoms with Crippen LogP contribution in [0.1, 0.15) is 5.56 Å². The highest BCUT2D eigenvalue weighted by molar-refractivity contribution is 5.85. The van der Waals surface area contributed by atoms with Crippen LogP contribution in [0.2, 0.25) is 0 Å². The molecule has 1 N–H and O–H groups in total. The summed E-state index contributed by atoms with van der Waals surface area (Å²) in [6.07, 6.45) is -2.12. The molecular weight excluding hydrogens is 277 g/mol. The highest BCUT2D eigenvalue weighted by Gasteiger charge is 2.30. The number of nitrogens with zero attached hydrogens (tertiary/aromatic N) is 3. The summed E-state index contributed by atoms with van der Waals surface area (Å²) in [5.41, 5.74) is 3.01. The lowest BCUT2D eigenvalue weighted by atomic mass is 10.1. The summed E-state index contributed by atoms with van der Waals surface area (Å²) in [4.78, 5) is 11.6. The van der Waals surface area contributed by atoms with Crippen LogP contribution in [0.5, 0.6) is 5.75 Å². The van der Waals surface area contributed by atoms with E-state index >= 15 is 0 Å². The molecular formula is C11H9F3N4O2. The number of amides is 1. The van der Waals surface area contributed by atoms with Crippen LogP contribution in [0.3, 0.4) is 0 Å². The number of carbonyl (C=O) groups is 1. The Morgan fingerprint density at radius 3 is 2.35 bits per heavy atom. The molecule has 9 heteroatoms. The van der Waals surface area contributed by atoms with Crippen molar-refractivity contribution < 1.29 is 22.7 Å². The molecule has 0 spiro atoms. The van der Waals surface area contributed by atoms with E-state index in [2.05, 4.69) is 20.4 Å². The van der Waals surface area contributed by atoms with Gasteiger partial charge in [0.25, 0.3) is 0 Å². The van der Waals surface area contributed by atoms with Crippen LogP contribution < -0.4 is 10.2 Å². The molecule has 0 aliphatic heterocycles. The zero-order chi connectivity index (χ0) is 14.6. The highest BCUT2D eigenvalue weighted by Crippen LogP contribution is 2.22. The van der Waals surface area contributed by atoms with Crippen LogP contribution in [0.4, 0.5) is 13.2 Å². The standard InChI is InChI=1S/C11H9F3N4O2/c12-11(13,14)20-9-3-1-8(2-4-9)5-10(19)17-18-6-15-16-7-18/h1-4,6-7H,5H2,(H,17,19). The van der Waals surface area contributed by atoms with Crippen LogP contribution in [-0.2, 0) is 11.2 Å². The first kappa shape index (κ1) is 13.8. The van der Waals surface area contributed by atoms with E-state index in [0.717, 1.165) is 12.1 Å². The first-order chi connectivity index (χ1) is 9.42. The average Bonchev–Trinajstić information content (AvgIpc) is 2.82. The van der Waals surface area contributed by atoms with Crippen molar-refractivity contribution in [1.29, 1.82) is 0 Å². The van der Waals surface area contributed by atoms with E-state index < -0.39 is 6.36 Å². The van der Waals surface area contributed by atoms with Crippen LogP contribution in [-0.4, -0.2) is 27.1 Å². The molecule has 1 amide bonds. The van der Waals surface area contributed by atoms with Crippen LogP contribution in [0, 0.1) is 0 Å². The number of nitrogens with one attached hydrogen (secondary N) is 1. The van der Waals surface area contributed by atoms with E-state index in [1.54, 1.807) is 0 Å². The van der Waals surface area contributed by atoms with E-state index in [-0.39, 0.29) is 18.1 Å². The number of ether oxygens (including phenoxy) is 1. The normalized spacial score (nSPS) is 11.2. The number of hydrogen-bond donors (Lipinski definition) is 1. The highest BCUT2D eigenvalue weighted by atomic mass is 19.4. The van der Waals surface area contributed by atoms with Crippen molar-refractivity contribution in [2.45, 2.75) is 12.8 Å². The number of alkyl halides is 3. The van der Waals surface area contributed by atoms with Gasteiger partial charge in [0.05, 0.1) is 6.42 Å². The molecule has 0 aliphatic rings. The van der Waals surface area contributed by atoms with Crippen LogP contribution >= 0.6 is 0 Å². The molecule has 1 heterocycles. The smallest absolute Gasteiger partial charge is 0.406 e. The summed E-state index contributed by atoms with van der Waals surface area (Å²) >= 11 is 0. The molecule has 0 saturated heterocycles. The minimum Gasteiger partial charge on any atom is -0.406 e. The third kappa shape index (κ3) is 4.26. The Kier molecular flexibility index (Phi) is 3.87. The van der Waals surface area contributed by atoms with Crippen molar-refractivity contribution in [3.05, 3.63) is 42.5 Å². The zero-order valence-electron chi connectivity index (χ0n) is 9.96. The van der Waals surface area contributed by atoms with Gasteiger partial charge in [0.1, 0.15) is 18.4 Å². The summed E-state index contributed by atoms with van der Waals surface area (Å²) in [5.74, 6) is -0.685. The largest absolute Gasteiger partial charge is 0.573 e. The summed E-state index contributed by atoms with van der Waals surface area (Å²) in [6.45, 7) is 0. The summed E-state index contributed by atoms with van der Waals surface area (Å²) in [5, 5.41) is 7.01. The predicted octanol–water partition coefficient (Wildman–Crippen LogP) is 1.49. The lowest BCUT2D eigenvalue weighted by molar-refractivity contribution is -0.274. The van der Waals surface area contributed by atoms with Gasteiger partial charge in [0.15, 0.2) is 0 Å². The Labute approximate surface area is 111 Å². The Hall–Kier alpha value is -2.58. The molecule has 1 aromatic heterocycles. The van der Waals surface area contributed by atoms with E-state index in [9.17, 15) is 18.0 Å². The average molecular weight is 286 g/mol. The number of rotatable bonds is 4. The second kappa shape index (κ2) is 5.59. The Morgan fingerprint density at radius 2 is 1.80 bits per heavy atom. The first-order valence-electron chi connectivity index (χ1n) is 5.41. The molecule has 0 unspecified atom stereocenters. The zero-order valence-corrected chi connectivity index (χ0v) is 9.96. The second-order valence-corrected chi connectivity index (χ2v) is 3.77. The molecule has 2 aromatic rings. The third-order valence-electron chi connectivity index (χ3n) is 2.19. The monoisotopic (exact) mass is 286 g/mol. The third-order valence-corrected chi connectivity index (χ3v) is 2.19. The molecule has 0 fully saturated rings. The molecule has 2 rings (SSSR count). The van der Waals surface area contributed by atoms with Crippen LogP contribution in [0.25, 0.3) is 0 Å². The molecule has 20 heavy (non-hydrogen) atoms. The fourth-order valence-corrected chi connectivity index (χ4v) is 1.44. The molecule has 1 aromatic carbocycles. The van der Waals surface area contributed by atoms with Crippen molar-refractivity contribution in [1.82, 2.24) is 14.9 Å². The van der Waals surface area contributed by atoms with Crippen molar-refractivity contribution in [3.63, 3.8) is 0 Å². The lowest BCUT2D eigenvalue weighted by Gasteiger charge is -2.09. The van der Waals surface area contributed by atoms with E-state index in [1.165, 1.54) is 29.5 Å². The number of halogens is 3. The lowest BCUT2D eigenvalue weighted by Crippen LogP contribution is -2.23. The maximum Gasteiger partial charge on any atom is 0.573 e. The molecule has 0 saturated carbocycles. The Bertz CT molecular complexity index is 566. The van der Waals surface area contributed by atoms with Gasteiger partial charge in [-0.2, -0.15) is 0 Å². The van der Waals surface area contributed by atoms with Crippen molar-refractivity contribution in [2.24, 2.45) is 0 Å². The second-order valence-electron chi connectivity index (χ2n) is 3.77. The number of carbonyl (C=O) groups excluding carboxylic acids is 1. The summed E-state index contributed by atoms with van der Waals surface area (Å²) < 4.78 is 40.9. The van der Waals surface area contributed by atoms with Crippen molar-refractivity contribution in [3.8, 4) is 5.75 Å². The van der Waals surface area contributed by atoms with Crippen molar-refractivity contribution in [2.75, 3.05) is 5.43 Å². The van der Waals surface area contributed by atoms with Gasteiger partial charge in [-0.1, -0.05) is 12.1 Å². The molecule has 0 bridgehead atoms. The van der Waals surface area contributed by atoms with Gasteiger partial charge >= 0.3 is 6.36 Å². The number of benzene rings is 1. The number of aromatic nitrogens is 3. The Morgan fingerprint density at radius 1 is 1.20 bits per heavy atom. The first-order valence-corrected chi connectivity index (χ1v) is 5.41. The molecule has 6 nitrogen and oxygen atoms in total. The van der Waals surface area contributed by atoms with E-state index in [1.807, 2.05) is 0 Å². The minimum absolute atomic E-state index is 0.00444. The van der Waals surface area contributed by atoms with Gasteiger partial charge in [-0.05, 0) is 17.7 Å². The molecule has 0 aliphatic carbocycles.